The molecule has 0 unspecified atom stereocenters. The van der Waals surface area contributed by atoms with Crippen molar-refractivity contribution < 1.29 is 9.47 Å². The standard InChI is InChI=1S/C20H21N3O2/c1-4-13-25-18-11-7-16(8-12-18)20-19(21-14(2)22-23-20)15-5-9-17(24-3)10-6-15/h5-12H,4,13H2,1-3H3. The molecular weight excluding hydrogens is 314 g/mol. The van der Waals surface area contributed by atoms with Crippen molar-refractivity contribution in [2.24, 2.45) is 0 Å². The molecule has 0 atom stereocenters. The largest absolute Gasteiger partial charge is 0.497 e. The lowest BCUT2D eigenvalue weighted by molar-refractivity contribution is 0.317. The molecule has 0 spiro atoms. The van der Waals surface area contributed by atoms with Crippen LogP contribution < -0.4 is 9.47 Å². The summed E-state index contributed by atoms with van der Waals surface area (Å²) in [5.41, 5.74) is 3.48. The lowest BCUT2D eigenvalue weighted by Crippen LogP contribution is -2.00. The van der Waals surface area contributed by atoms with Gasteiger partial charge < -0.3 is 9.47 Å². The lowest BCUT2D eigenvalue weighted by Gasteiger charge is -2.10. The van der Waals surface area contributed by atoms with Gasteiger partial charge in [0, 0.05) is 11.1 Å². The van der Waals surface area contributed by atoms with E-state index >= 15 is 0 Å². The fourth-order valence-corrected chi connectivity index (χ4v) is 2.48. The monoisotopic (exact) mass is 335 g/mol. The first kappa shape index (κ1) is 16.9. The molecule has 25 heavy (non-hydrogen) atoms. The molecule has 1 aromatic heterocycles. The van der Waals surface area contributed by atoms with Crippen molar-refractivity contribution in [2.45, 2.75) is 20.3 Å². The Morgan fingerprint density at radius 1 is 0.800 bits per heavy atom. The Morgan fingerprint density at radius 3 is 2.00 bits per heavy atom. The van der Waals surface area contributed by atoms with Crippen LogP contribution in [0.3, 0.4) is 0 Å². The Bertz CT molecular complexity index is 831. The highest BCUT2D eigenvalue weighted by molar-refractivity contribution is 5.77. The molecule has 0 aliphatic rings. The van der Waals surface area contributed by atoms with Crippen molar-refractivity contribution in [1.82, 2.24) is 15.2 Å². The fraction of sp³-hybridized carbons (Fsp3) is 0.250. The number of rotatable bonds is 6. The van der Waals surface area contributed by atoms with Gasteiger partial charge in [0.15, 0.2) is 0 Å². The molecule has 0 fully saturated rings. The van der Waals surface area contributed by atoms with Crippen molar-refractivity contribution in [3.05, 3.63) is 54.4 Å². The van der Waals surface area contributed by atoms with E-state index in [1.807, 2.05) is 55.5 Å². The van der Waals surface area contributed by atoms with Crippen LogP contribution in [0.2, 0.25) is 0 Å². The molecule has 5 heteroatoms. The maximum atomic E-state index is 5.64. The Morgan fingerprint density at radius 2 is 1.40 bits per heavy atom. The Labute approximate surface area is 147 Å². The maximum Gasteiger partial charge on any atom is 0.148 e. The van der Waals surface area contributed by atoms with E-state index in [0.717, 1.165) is 40.4 Å². The molecule has 128 valence electrons. The number of hydrogen-bond acceptors (Lipinski definition) is 5. The van der Waals surface area contributed by atoms with E-state index in [0.29, 0.717) is 12.4 Å². The third-order valence-corrected chi connectivity index (χ3v) is 3.76. The molecule has 2 aromatic carbocycles. The van der Waals surface area contributed by atoms with Crippen molar-refractivity contribution >= 4 is 0 Å². The zero-order chi connectivity index (χ0) is 17.6. The van der Waals surface area contributed by atoms with Crippen molar-refractivity contribution in [2.75, 3.05) is 13.7 Å². The van der Waals surface area contributed by atoms with Gasteiger partial charge in [-0.05, 0) is 61.9 Å². The van der Waals surface area contributed by atoms with Crippen LogP contribution in [0.15, 0.2) is 48.5 Å². The fourth-order valence-electron chi connectivity index (χ4n) is 2.48. The predicted octanol–water partition coefficient (Wildman–Crippen LogP) is 4.31. The highest BCUT2D eigenvalue weighted by Gasteiger charge is 2.13. The summed E-state index contributed by atoms with van der Waals surface area (Å²) in [6.07, 6.45) is 0.983. The molecule has 0 N–H and O–H groups in total. The van der Waals surface area contributed by atoms with Gasteiger partial charge >= 0.3 is 0 Å². The van der Waals surface area contributed by atoms with E-state index in [1.165, 1.54) is 0 Å². The van der Waals surface area contributed by atoms with Crippen molar-refractivity contribution in [3.8, 4) is 34.0 Å². The minimum absolute atomic E-state index is 0.637. The van der Waals surface area contributed by atoms with Gasteiger partial charge in [-0.1, -0.05) is 6.92 Å². The quantitative estimate of drug-likeness (QED) is 0.672. The Kier molecular flexibility index (Phi) is 5.23. The minimum atomic E-state index is 0.637. The summed E-state index contributed by atoms with van der Waals surface area (Å²) in [5, 5.41) is 8.51. The summed E-state index contributed by atoms with van der Waals surface area (Å²) >= 11 is 0. The number of hydrogen-bond donors (Lipinski definition) is 0. The molecule has 0 radical (unpaired) electrons. The van der Waals surface area contributed by atoms with Gasteiger partial charge in [-0.3, -0.25) is 0 Å². The zero-order valence-corrected chi connectivity index (χ0v) is 14.7. The third-order valence-electron chi connectivity index (χ3n) is 3.76. The summed E-state index contributed by atoms with van der Waals surface area (Å²) in [6, 6.07) is 15.7. The van der Waals surface area contributed by atoms with Gasteiger partial charge in [-0.2, -0.15) is 0 Å². The topological polar surface area (TPSA) is 57.1 Å². The first-order valence-electron chi connectivity index (χ1n) is 8.30. The zero-order valence-electron chi connectivity index (χ0n) is 14.7. The normalized spacial score (nSPS) is 10.5. The summed E-state index contributed by atoms with van der Waals surface area (Å²) in [7, 11) is 1.65. The number of benzene rings is 2. The molecule has 0 aliphatic heterocycles. The average molecular weight is 335 g/mol. The molecular formula is C20H21N3O2. The number of aryl methyl sites for hydroxylation is 1. The molecule has 3 aromatic rings. The molecule has 5 nitrogen and oxygen atoms in total. The maximum absolute atomic E-state index is 5.64. The van der Waals surface area contributed by atoms with E-state index < -0.39 is 0 Å². The van der Waals surface area contributed by atoms with Crippen LogP contribution in [0.1, 0.15) is 19.2 Å². The van der Waals surface area contributed by atoms with Gasteiger partial charge in [0.25, 0.3) is 0 Å². The molecule has 1 heterocycles. The second-order valence-corrected chi connectivity index (χ2v) is 5.66. The predicted molar refractivity (Wildman–Crippen MR) is 97.8 cm³/mol. The number of nitrogens with zero attached hydrogens (tertiary/aromatic N) is 3. The Hall–Kier alpha value is -2.95. The van der Waals surface area contributed by atoms with Crippen LogP contribution in [-0.2, 0) is 0 Å². The number of aromatic nitrogens is 3. The van der Waals surface area contributed by atoms with Gasteiger partial charge in [0.05, 0.1) is 13.7 Å². The van der Waals surface area contributed by atoms with E-state index in [-0.39, 0.29) is 0 Å². The average Bonchev–Trinajstić information content (AvgIpc) is 2.67. The van der Waals surface area contributed by atoms with E-state index in [4.69, 9.17) is 9.47 Å². The summed E-state index contributed by atoms with van der Waals surface area (Å²) in [4.78, 5) is 4.60. The molecule has 0 saturated heterocycles. The lowest BCUT2D eigenvalue weighted by atomic mass is 10.0. The smallest absolute Gasteiger partial charge is 0.148 e. The van der Waals surface area contributed by atoms with Crippen LogP contribution in [0, 0.1) is 6.92 Å². The van der Waals surface area contributed by atoms with Crippen LogP contribution in [0.4, 0.5) is 0 Å². The van der Waals surface area contributed by atoms with Crippen LogP contribution in [0.5, 0.6) is 11.5 Å². The highest BCUT2D eigenvalue weighted by Crippen LogP contribution is 2.30. The third kappa shape index (κ3) is 3.94. The second-order valence-electron chi connectivity index (χ2n) is 5.66. The number of methoxy groups -OCH3 is 1. The van der Waals surface area contributed by atoms with E-state index in [1.54, 1.807) is 7.11 Å². The molecule has 0 amide bonds. The summed E-state index contributed by atoms with van der Waals surface area (Å²) < 4.78 is 10.9. The first-order chi connectivity index (χ1) is 12.2. The van der Waals surface area contributed by atoms with Crippen LogP contribution in [-0.4, -0.2) is 28.9 Å². The summed E-state index contributed by atoms with van der Waals surface area (Å²) in [6.45, 7) is 4.64. The highest BCUT2D eigenvalue weighted by atomic mass is 16.5. The van der Waals surface area contributed by atoms with Crippen LogP contribution in [0.25, 0.3) is 22.5 Å². The molecule has 0 bridgehead atoms. The second kappa shape index (κ2) is 7.75. The van der Waals surface area contributed by atoms with Gasteiger partial charge in [-0.15, -0.1) is 10.2 Å². The van der Waals surface area contributed by atoms with Crippen LogP contribution >= 0.6 is 0 Å². The van der Waals surface area contributed by atoms with Gasteiger partial charge in [0.1, 0.15) is 28.7 Å². The first-order valence-corrected chi connectivity index (χ1v) is 8.30. The van der Waals surface area contributed by atoms with E-state index in [9.17, 15) is 0 Å². The minimum Gasteiger partial charge on any atom is -0.497 e. The van der Waals surface area contributed by atoms with Crippen molar-refractivity contribution in [3.63, 3.8) is 0 Å². The van der Waals surface area contributed by atoms with E-state index in [2.05, 4.69) is 22.1 Å². The summed E-state index contributed by atoms with van der Waals surface area (Å²) in [5.74, 6) is 2.29. The Balaban J connectivity index is 1.98. The molecule has 3 rings (SSSR count). The van der Waals surface area contributed by atoms with Gasteiger partial charge in [0.2, 0.25) is 0 Å². The molecule has 0 aliphatic carbocycles. The van der Waals surface area contributed by atoms with Crippen molar-refractivity contribution in [1.29, 1.82) is 0 Å². The number of ether oxygens (including phenoxy) is 2. The molecule has 0 saturated carbocycles. The SMILES string of the molecule is CCCOc1ccc(-c2nnc(C)nc2-c2ccc(OC)cc2)cc1. The van der Waals surface area contributed by atoms with Gasteiger partial charge in [-0.25, -0.2) is 4.98 Å².